The van der Waals surface area contributed by atoms with Crippen molar-refractivity contribution in [1.82, 2.24) is 4.90 Å². The minimum atomic E-state index is -0.206. The number of benzene rings is 1. The highest BCUT2D eigenvalue weighted by atomic mass is 32.1. The first kappa shape index (κ1) is 13.8. The highest BCUT2D eigenvalue weighted by Crippen LogP contribution is 2.16. The van der Waals surface area contributed by atoms with Crippen LogP contribution in [0.2, 0.25) is 0 Å². The van der Waals surface area contributed by atoms with Crippen molar-refractivity contribution in [3.05, 3.63) is 24.3 Å². The Labute approximate surface area is 118 Å². The Morgan fingerprint density at radius 1 is 1.21 bits per heavy atom. The van der Waals surface area contributed by atoms with Gasteiger partial charge in [-0.3, -0.25) is 4.79 Å². The second-order valence-electron chi connectivity index (χ2n) is 4.54. The molecule has 4 nitrogen and oxygen atoms in total. The minimum absolute atomic E-state index is 0.206. The standard InChI is InChI=1S/C14H18N2O2S/c1-18-12-7-5-11(6-8-12)15-13(17)14(19)16-9-3-2-4-10-16/h5-8H,2-4,9-10H2,1H3,(H,15,17). The van der Waals surface area contributed by atoms with Crippen LogP contribution in [-0.2, 0) is 4.79 Å². The molecule has 0 aliphatic carbocycles. The lowest BCUT2D eigenvalue weighted by molar-refractivity contribution is -0.110. The highest BCUT2D eigenvalue weighted by molar-refractivity contribution is 7.82. The summed E-state index contributed by atoms with van der Waals surface area (Å²) in [6.07, 6.45) is 3.44. The number of thiocarbonyl (C=S) groups is 1. The molecule has 19 heavy (non-hydrogen) atoms. The van der Waals surface area contributed by atoms with Gasteiger partial charge >= 0.3 is 0 Å². The molecule has 0 aromatic heterocycles. The summed E-state index contributed by atoms with van der Waals surface area (Å²) < 4.78 is 5.07. The minimum Gasteiger partial charge on any atom is -0.497 e. The number of amides is 1. The first-order valence-electron chi connectivity index (χ1n) is 6.45. The lowest BCUT2D eigenvalue weighted by Crippen LogP contribution is -2.41. The van der Waals surface area contributed by atoms with Crippen molar-refractivity contribution in [1.29, 1.82) is 0 Å². The number of piperidine rings is 1. The van der Waals surface area contributed by atoms with Crippen LogP contribution in [0, 0.1) is 0 Å². The number of ether oxygens (including phenoxy) is 1. The van der Waals surface area contributed by atoms with Gasteiger partial charge in [-0.1, -0.05) is 12.2 Å². The van der Waals surface area contributed by atoms with Crippen molar-refractivity contribution in [2.45, 2.75) is 19.3 Å². The van der Waals surface area contributed by atoms with Crippen LogP contribution >= 0.6 is 12.2 Å². The molecule has 1 aromatic carbocycles. The molecule has 1 heterocycles. The number of hydrogen-bond acceptors (Lipinski definition) is 3. The third-order valence-corrected chi connectivity index (χ3v) is 3.63. The lowest BCUT2D eigenvalue weighted by atomic mass is 10.1. The Balaban J connectivity index is 1.93. The quantitative estimate of drug-likeness (QED) is 0.844. The Hall–Kier alpha value is -1.62. The normalized spacial score (nSPS) is 14.9. The van der Waals surface area contributed by atoms with E-state index in [2.05, 4.69) is 5.32 Å². The Morgan fingerprint density at radius 2 is 1.84 bits per heavy atom. The van der Waals surface area contributed by atoms with Gasteiger partial charge in [0, 0.05) is 18.8 Å². The maximum absolute atomic E-state index is 12.0. The number of likely N-dealkylation sites (tertiary alicyclic amines) is 1. The molecule has 0 radical (unpaired) electrons. The van der Waals surface area contributed by atoms with E-state index in [4.69, 9.17) is 17.0 Å². The van der Waals surface area contributed by atoms with E-state index in [9.17, 15) is 4.79 Å². The van der Waals surface area contributed by atoms with Crippen LogP contribution in [0.1, 0.15) is 19.3 Å². The van der Waals surface area contributed by atoms with E-state index in [0.29, 0.717) is 4.99 Å². The van der Waals surface area contributed by atoms with Gasteiger partial charge in [0.15, 0.2) is 4.99 Å². The van der Waals surface area contributed by atoms with Gasteiger partial charge in [-0.25, -0.2) is 0 Å². The molecule has 1 aromatic rings. The molecule has 1 aliphatic rings. The number of carbonyl (C=O) groups excluding carboxylic acids is 1. The van der Waals surface area contributed by atoms with E-state index >= 15 is 0 Å². The second kappa shape index (κ2) is 6.52. The van der Waals surface area contributed by atoms with E-state index in [1.807, 2.05) is 4.90 Å². The van der Waals surface area contributed by atoms with Crippen LogP contribution in [0.15, 0.2) is 24.3 Å². The molecule has 1 aliphatic heterocycles. The number of rotatable bonds is 2. The summed E-state index contributed by atoms with van der Waals surface area (Å²) in [6, 6.07) is 7.21. The molecular formula is C14H18N2O2S. The molecule has 0 saturated carbocycles. The third kappa shape index (κ3) is 3.67. The fourth-order valence-corrected chi connectivity index (χ4v) is 2.33. The summed E-state index contributed by atoms with van der Waals surface area (Å²) in [6.45, 7) is 1.77. The maximum atomic E-state index is 12.0. The SMILES string of the molecule is COc1ccc(NC(=O)C(=S)N2CCCCC2)cc1. The van der Waals surface area contributed by atoms with Crippen LogP contribution in [-0.4, -0.2) is 36.0 Å². The van der Waals surface area contributed by atoms with Crippen molar-refractivity contribution in [3.8, 4) is 5.75 Å². The molecule has 5 heteroatoms. The average molecular weight is 278 g/mol. The first-order valence-corrected chi connectivity index (χ1v) is 6.86. The number of nitrogens with one attached hydrogen (secondary N) is 1. The molecule has 102 valence electrons. The third-order valence-electron chi connectivity index (χ3n) is 3.19. The van der Waals surface area contributed by atoms with Gasteiger partial charge in [-0.05, 0) is 43.5 Å². The van der Waals surface area contributed by atoms with Crippen LogP contribution < -0.4 is 10.1 Å². The largest absolute Gasteiger partial charge is 0.497 e. The molecule has 0 atom stereocenters. The summed E-state index contributed by atoms with van der Waals surface area (Å²) >= 11 is 5.23. The van der Waals surface area contributed by atoms with Crippen molar-refractivity contribution < 1.29 is 9.53 Å². The van der Waals surface area contributed by atoms with Crippen molar-refractivity contribution in [2.75, 3.05) is 25.5 Å². The molecule has 1 saturated heterocycles. The van der Waals surface area contributed by atoms with E-state index in [1.54, 1.807) is 31.4 Å². The topological polar surface area (TPSA) is 41.6 Å². The zero-order chi connectivity index (χ0) is 13.7. The van der Waals surface area contributed by atoms with Crippen LogP contribution in [0.25, 0.3) is 0 Å². The number of hydrogen-bond donors (Lipinski definition) is 1. The van der Waals surface area contributed by atoms with Crippen molar-refractivity contribution >= 4 is 28.8 Å². The van der Waals surface area contributed by atoms with Gasteiger partial charge in [-0.2, -0.15) is 0 Å². The van der Waals surface area contributed by atoms with Crippen molar-refractivity contribution in [2.24, 2.45) is 0 Å². The number of anilines is 1. The monoisotopic (exact) mass is 278 g/mol. The predicted molar refractivity (Wildman–Crippen MR) is 79.6 cm³/mol. The maximum Gasteiger partial charge on any atom is 0.283 e. The summed E-state index contributed by atoms with van der Waals surface area (Å²) in [7, 11) is 1.61. The van der Waals surface area contributed by atoms with E-state index in [1.165, 1.54) is 6.42 Å². The molecule has 1 fully saturated rings. The Kier molecular flexibility index (Phi) is 4.74. The summed E-state index contributed by atoms with van der Waals surface area (Å²) in [4.78, 5) is 14.4. The lowest BCUT2D eigenvalue weighted by Gasteiger charge is -2.28. The molecule has 0 bridgehead atoms. The number of methoxy groups -OCH3 is 1. The molecule has 2 rings (SSSR count). The Morgan fingerprint density at radius 3 is 2.42 bits per heavy atom. The zero-order valence-corrected chi connectivity index (χ0v) is 11.8. The van der Waals surface area contributed by atoms with E-state index in [0.717, 1.165) is 37.4 Å². The zero-order valence-electron chi connectivity index (χ0n) is 11.0. The highest BCUT2D eigenvalue weighted by Gasteiger charge is 2.19. The Bertz CT molecular complexity index is 453. The number of nitrogens with zero attached hydrogens (tertiary/aromatic N) is 1. The van der Waals surface area contributed by atoms with Gasteiger partial charge in [0.1, 0.15) is 5.75 Å². The van der Waals surface area contributed by atoms with Crippen LogP contribution in [0.5, 0.6) is 5.75 Å². The van der Waals surface area contributed by atoms with E-state index in [-0.39, 0.29) is 5.91 Å². The van der Waals surface area contributed by atoms with Gasteiger partial charge < -0.3 is 15.0 Å². The fourth-order valence-electron chi connectivity index (χ4n) is 2.10. The molecule has 0 unspecified atom stereocenters. The molecule has 1 amide bonds. The molecular weight excluding hydrogens is 260 g/mol. The molecule has 0 spiro atoms. The van der Waals surface area contributed by atoms with Gasteiger partial charge in [0.05, 0.1) is 7.11 Å². The van der Waals surface area contributed by atoms with Gasteiger partial charge in [0.25, 0.3) is 5.91 Å². The van der Waals surface area contributed by atoms with Gasteiger partial charge in [0.2, 0.25) is 0 Å². The molecule has 1 N–H and O–H groups in total. The van der Waals surface area contributed by atoms with Crippen molar-refractivity contribution in [3.63, 3.8) is 0 Å². The second-order valence-corrected chi connectivity index (χ2v) is 4.92. The van der Waals surface area contributed by atoms with Gasteiger partial charge in [-0.15, -0.1) is 0 Å². The summed E-state index contributed by atoms with van der Waals surface area (Å²) in [5.41, 5.74) is 0.727. The van der Waals surface area contributed by atoms with Crippen LogP contribution in [0.4, 0.5) is 5.69 Å². The summed E-state index contributed by atoms with van der Waals surface area (Å²) in [5, 5.41) is 2.81. The number of carbonyl (C=O) groups is 1. The predicted octanol–water partition coefficient (Wildman–Crippen LogP) is 2.45. The van der Waals surface area contributed by atoms with Crippen LogP contribution in [0.3, 0.4) is 0 Å². The first-order chi connectivity index (χ1) is 9.20. The average Bonchev–Trinajstić information content (AvgIpc) is 2.48. The summed E-state index contributed by atoms with van der Waals surface area (Å²) in [5.74, 6) is 0.554. The smallest absolute Gasteiger partial charge is 0.283 e. The van der Waals surface area contributed by atoms with E-state index < -0.39 is 0 Å². The fraction of sp³-hybridized carbons (Fsp3) is 0.429.